The van der Waals surface area contributed by atoms with Crippen LogP contribution in [-0.2, 0) is 16.3 Å². The van der Waals surface area contributed by atoms with Crippen LogP contribution in [0.25, 0.3) is 0 Å². The Bertz CT molecular complexity index is 493. The molecule has 0 aliphatic carbocycles. The van der Waals surface area contributed by atoms with Crippen molar-refractivity contribution in [3.63, 3.8) is 0 Å². The molecule has 0 N–H and O–H groups in total. The Morgan fingerprint density at radius 1 is 1.22 bits per heavy atom. The monoisotopic (exact) mass is 267 g/mol. The van der Waals surface area contributed by atoms with E-state index in [4.69, 9.17) is 0 Å². The highest BCUT2D eigenvalue weighted by Gasteiger charge is 2.19. The van der Waals surface area contributed by atoms with E-state index in [2.05, 4.69) is 11.9 Å². The van der Waals surface area contributed by atoms with E-state index < -0.39 is 9.84 Å². The van der Waals surface area contributed by atoms with E-state index in [1.165, 1.54) is 37.6 Å². The van der Waals surface area contributed by atoms with Crippen LogP contribution >= 0.6 is 0 Å². The molecular weight excluding hydrogens is 246 g/mol. The third-order valence-electron chi connectivity index (χ3n) is 3.74. The molecule has 1 aliphatic rings. The number of hydrogen-bond donors (Lipinski definition) is 0. The molecule has 0 aromatic heterocycles. The molecule has 0 bridgehead atoms. The number of sulfone groups is 1. The minimum atomic E-state index is -3.07. The van der Waals surface area contributed by atoms with Crippen LogP contribution in [0, 0.1) is 0 Å². The van der Waals surface area contributed by atoms with Gasteiger partial charge in [-0.2, -0.15) is 0 Å². The molecule has 1 aliphatic heterocycles. The molecule has 3 nitrogen and oxygen atoms in total. The topological polar surface area (TPSA) is 37.4 Å². The van der Waals surface area contributed by atoms with Crippen LogP contribution in [0.15, 0.2) is 29.2 Å². The zero-order valence-corrected chi connectivity index (χ0v) is 11.9. The Balaban J connectivity index is 2.06. The van der Waals surface area contributed by atoms with E-state index in [9.17, 15) is 8.42 Å². The summed E-state index contributed by atoms with van der Waals surface area (Å²) in [6.07, 6.45) is 6.10. The highest BCUT2D eigenvalue weighted by molar-refractivity contribution is 7.90. The molecule has 1 heterocycles. The standard InChI is InChI=1S/C14H21NO2S/c1-15-10-4-3-5-13(15)11-12-6-8-14(9-7-12)18(2,16)17/h6-9,13H,3-5,10-11H2,1-2H3. The lowest BCUT2D eigenvalue weighted by atomic mass is 9.96. The molecule has 0 saturated carbocycles. The van der Waals surface area contributed by atoms with Gasteiger partial charge in [-0.25, -0.2) is 8.42 Å². The van der Waals surface area contributed by atoms with Crippen molar-refractivity contribution in [1.82, 2.24) is 4.90 Å². The van der Waals surface area contributed by atoms with Crippen molar-refractivity contribution in [2.75, 3.05) is 19.8 Å². The largest absolute Gasteiger partial charge is 0.303 e. The van der Waals surface area contributed by atoms with Crippen molar-refractivity contribution in [1.29, 1.82) is 0 Å². The van der Waals surface area contributed by atoms with E-state index in [0.717, 1.165) is 6.42 Å². The Morgan fingerprint density at radius 2 is 1.89 bits per heavy atom. The average Bonchev–Trinajstić information content (AvgIpc) is 2.32. The number of hydrogen-bond acceptors (Lipinski definition) is 3. The Morgan fingerprint density at radius 3 is 2.44 bits per heavy atom. The number of nitrogens with zero attached hydrogens (tertiary/aromatic N) is 1. The number of benzene rings is 1. The summed E-state index contributed by atoms with van der Waals surface area (Å²) in [5.74, 6) is 0. The third-order valence-corrected chi connectivity index (χ3v) is 4.87. The van der Waals surface area contributed by atoms with Gasteiger partial charge in [-0.05, 0) is 50.6 Å². The summed E-state index contributed by atoms with van der Waals surface area (Å²) in [5, 5.41) is 0. The quantitative estimate of drug-likeness (QED) is 0.842. The van der Waals surface area contributed by atoms with Crippen LogP contribution in [0.5, 0.6) is 0 Å². The molecule has 1 saturated heterocycles. The van der Waals surface area contributed by atoms with E-state index in [-0.39, 0.29) is 0 Å². The molecule has 18 heavy (non-hydrogen) atoms. The second-order valence-corrected chi connectivity index (χ2v) is 7.27. The van der Waals surface area contributed by atoms with Gasteiger partial charge in [0, 0.05) is 12.3 Å². The van der Waals surface area contributed by atoms with Crippen molar-refractivity contribution in [3.05, 3.63) is 29.8 Å². The molecule has 4 heteroatoms. The van der Waals surface area contributed by atoms with Crippen molar-refractivity contribution in [2.45, 2.75) is 36.6 Å². The van der Waals surface area contributed by atoms with Crippen LogP contribution in [0.3, 0.4) is 0 Å². The van der Waals surface area contributed by atoms with Crippen molar-refractivity contribution >= 4 is 9.84 Å². The first-order valence-corrected chi connectivity index (χ1v) is 8.35. The van der Waals surface area contributed by atoms with Gasteiger partial charge in [0.05, 0.1) is 4.90 Å². The summed E-state index contributed by atoms with van der Waals surface area (Å²) in [4.78, 5) is 2.82. The lowest BCUT2D eigenvalue weighted by Crippen LogP contribution is -2.37. The van der Waals surface area contributed by atoms with Crippen molar-refractivity contribution < 1.29 is 8.42 Å². The van der Waals surface area contributed by atoms with Gasteiger partial charge in [0.15, 0.2) is 9.84 Å². The maximum Gasteiger partial charge on any atom is 0.175 e. The maximum absolute atomic E-state index is 11.4. The number of rotatable bonds is 3. The zero-order valence-electron chi connectivity index (χ0n) is 11.1. The molecule has 0 amide bonds. The Labute approximate surface area is 110 Å². The molecule has 0 spiro atoms. The van der Waals surface area contributed by atoms with Crippen LogP contribution in [0.1, 0.15) is 24.8 Å². The van der Waals surface area contributed by atoms with Gasteiger partial charge in [0.25, 0.3) is 0 Å². The second-order valence-electron chi connectivity index (χ2n) is 5.25. The van der Waals surface area contributed by atoms with E-state index >= 15 is 0 Å². The molecular formula is C14H21NO2S. The molecule has 100 valence electrons. The van der Waals surface area contributed by atoms with Crippen LogP contribution in [0.4, 0.5) is 0 Å². The van der Waals surface area contributed by atoms with Gasteiger partial charge < -0.3 is 4.90 Å². The molecule has 1 fully saturated rings. The van der Waals surface area contributed by atoms with Crippen LogP contribution in [-0.4, -0.2) is 39.2 Å². The highest BCUT2D eigenvalue weighted by Crippen LogP contribution is 2.20. The second kappa shape index (κ2) is 5.41. The minimum Gasteiger partial charge on any atom is -0.303 e. The van der Waals surface area contributed by atoms with Gasteiger partial charge in [0.1, 0.15) is 0 Å². The maximum atomic E-state index is 11.4. The summed E-state index contributed by atoms with van der Waals surface area (Å²) in [5.41, 5.74) is 1.22. The fourth-order valence-corrected chi connectivity index (χ4v) is 3.18. The first-order valence-electron chi connectivity index (χ1n) is 6.46. The first kappa shape index (κ1) is 13.6. The number of piperidine rings is 1. The smallest absolute Gasteiger partial charge is 0.175 e. The van der Waals surface area contributed by atoms with Crippen molar-refractivity contribution in [2.24, 2.45) is 0 Å². The Kier molecular flexibility index (Phi) is 4.07. The SMILES string of the molecule is CN1CCCCC1Cc1ccc(S(C)(=O)=O)cc1. The van der Waals surface area contributed by atoms with Gasteiger partial charge in [0.2, 0.25) is 0 Å². The van der Waals surface area contributed by atoms with Gasteiger partial charge in [-0.1, -0.05) is 18.6 Å². The fourth-order valence-electron chi connectivity index (χ4n) is 2.55. The number of likely N-dealkylation sites (N-methyl/N-ethyl adjacent to an activating group) is 1. The minimum absolute atomic E-state index is 0.406. The van der Waals surface area contributed by atoms with Gasteiger partial charge >= 0.3 is 0 Å². The molecule has 1 atom stereocenters. The predicted octanol–water partition coefficient (Wildman–Crippen LogP) is 2.12. The molecule has 1 unspecified atom stereocenters. The highest BCUT2D eigenvalue weighted by atomic mass is 32.2. The molecule has 2 rings (SSSR count). The lowest BCUT2D eigenvalue weighted by molar-refractivity contribution is 0.184. The summed E-state index contributed by atoms with van der Waals surface area (Å²) >= 11 is 0. The van der Waals surface area contributed by atoms with E-state index in [1.807, 2.05) is 12.1 Å². The van der Waals surface area contributed by atoms with Crippen molar-refractivity contribution in [3.8, 4) is 0 Å². The van der Waals surface area contributed by atoms with Crippen LogP contribution in [0.2, 0.25) is 0 Å². The molecule has 1 aromatic rings. The zero-order chi connectivity index (χ0) is 13.2. The van der Waals surface area contributed by atoms with Gasteiger partial charge in [-0.3, -0.25) is 0 Å². The summed E-state index contributed by atoms with van der Waals surface area (Å²) < 4.78 is 22.8. The lowest BCUT2D eigenvalue weighted by Gasteiger charge is -2.32. The molecule has 1 aromatic carbocycles. The fraction of sp³-hybridized carbons (Fsp3) is 0.571. The average molecular weight is 267 g/mol. The van der Waals surface area contributed by atoms with E-state index in [1.54, 1.807) is 12.1 Å². The third kappa shape index (κ3) is 3.33. The summed E-state index contributed by atoms with van der Waals surface area (Å²) in [7, 11) is -0.899. The summed E-state index contributed by atoms with van der Waals surface area (Å²) in [6, 6.07) is 7.92. The van der Waals surface area contributed by atoms with E-state index in [0.29, 0.717) is 10.9 Å². The first-order chi connectivity index (χ1) is 8.47. The normalized spacial score (nSPS) is 22.0. The number of likely N-dealkylation sites (tertiary alicyclic amines) is 1. The molecule has 0 radical (unpaired) electrons. The summed E-state index contributed by atoms with van der Waals surface area (Å²) in [6.45, 7) is 1.17. The predicted molar refractivity (Wildman–Crippen MR) is 73.5 cm³/mol. The Hall–Kier alpha value is -0.870. The van der Waals surface area contributed by atoms with Crippen LogP contribution < -0.4 is 0 Å². The van der Waals surface area contributed by atoms with Gasteiger partial charge in [-0.15, -0.1) is 0 Å².